The van der Waals surface area contributed by atoms with Crippen molar-refractivity contribution in [1.82, 2.24) is 0 Å². The van der Waals surface area contributed by atoms with Crippen LogP contribution in [0.15, 0.2) is 5.16 Å². The number of rotatable bonds is 1. The van der Waals surface area contributed by atoms with E-state index in [9.17, 15) is 0 Å². The molecule has 0 N–H and O–H groups in total. The summed E-state index contributed by atoms with van der Waals surface area (Å²) >= 11 is 3.27. The standard InChI is InChI=1S/C4H6BrNO/c5-3-4-1-2-6-7-4/h2,4H,1,3H2. The highest BCUT2D eigenvalue weighted by Crippen LogP contribution is 2.06. The summed E-state index contributed by atoms with van der Waals surface area (Å²) in [6, 6.07) is 0. The van der Waals surface area contributed by atoms with Gasteiger partial charge in [-0.05, 0) is 0 Å². The van der Waals surface area contributed by atoms with Crippen LogP contribution in [-0.2, 0) is 4.84 Å². The fourth-order valence-corrected chi connectivity index (χ4v) is 0.806. The normalized spacial score (nSPS) is 27.9. The van der Waals surface area contributed by atoms with Crippen LogP contribution in [0.1, 0.15) is 6.42 Å². The fourth-order valence-electron chi connectivity index (χ4n) is 0.424. The topological polar surface area (TPSA) is 21.6 Å². The van der Waals surface area contributed by atoms with Crippen molar-refractivity contribution in [3.63, 3.8) is 0 Å². The largest absolute Gasteiger partial charge is 0.392 e. The SMILES string of the molecule is BrCC1CC=NO1. The number of oxime groups is 1. The van der Waals surface area contributed by atoms with Gasteiger partial charge in [0.05, 0.1) is 0 Å². The first-order chi connectivity index (χ1) is 3.43. The molecule has 0 aromatic carbocycles. The molecule has 0 aromatic rings. The minimum absolute atomic E-state index is 0.292. The van der Waals surface area contributed by atoms with E-state index in [0.717, 1.165) is 11.8 Å². The highest BCUT2D eigenvalue weighted by atomic mass is 79.9. The summed E-state index contributed by atoms with van der Waals surface area (Å²) in [5, 5.41) is 4.46. The first-order valence-corrected chi connectivity index (χ1v) is 3.29. The van der Waals surface area contributed by atoms with Crippen molar-refractivity contribution in [1.29, 1.82) is 0 Å². The Bertz CT molecular complexity index is 75.8. The van der Waals surface area contributed by atoms with Crippen LogP contribution in [0.5, 0.6) is 0 Å². The predicted molar refractivity (Wildman–Crippen MR) is 31.8 cm³/mol. The molecule has 0 spiro atoms. The Balaban J connectivity index is 2.22. The zero-order valence-corrected chi connectivity index (χ0v) is 5.39. The molecule has 3 heteroatoms. The fraction of sp³-hybridized carbons (Fsp3) is 0.750. The summed E-state index contributed by atoms with van der Waals surface area (Å²) < 4.78 is 0. The molecule has 0 aliphatic carbocycles. The summed E-state index contributed by atoms with van der Waals surface area (Å²) in [5.74, 6) is 0. The van der Waals surface area contributed by atoms with Crippen LogP contribution in [0.2, 0.25) is 0 Å². The van der Waals surface area contributed by atoms with Gasteiger partial charge in [-0.1, -0.05) is 21.1 Å². The molecule has 1 unspecified atom stereocenters. The minimum atomic E-state index is 0.292. The van der Waals surface area contributed by atoms with Crippen LogP contribution in [-0.4, -0.2) is 17.6 Å². The van der Waals surface area contributed by atoms with Gasteiger partial charge < -0.3 is 4.84 Å². The molecule has 1 heterocycles. The Hall–Kier alpha value is -0.0500. The molecule has 0 aromatic heterocycles. The number of nitrogens with zero attached hydrogens (tertiary/aromatic N) is 1. The highest BCUT2D eigenvalue weighted by Gasteiger charge is 2.09. The van der Waals surface area contributed by atoms with Gasteiger partial charge in [0, 0.05) is 18.0 Å². The molecule has 1 rings (SSSR count). The molecule has 1 aliphatic heterocycles. The van der Waals surface area contributed by atoms with Crippen LogP contribution in [0.4, 0.5) is 0 Å². The van der Waals surface area contributed by atoms with Crippen molar-refractivity contribution in [2.24, 2.45) is 5.16 Å². The first-order valence-electron chi connectivity index (χ1n) is 2.17. The Kier molecular flexibility index (Phi) is 1.68. The van der Waals surface area contributed by atoms with Crippen LogP contribution >= 0.6 is 15.9 Å². The number of hydrogen-bond acceptors (Lipinski definition) is 2. The molecule has 0 bridgehead atoms. The van der Waals surface area contributed by atoms with Gasteiger partial charge in [0.2, 0.25) is 0 Å². The van der Waals surface area contributed by atoms with Crippen molar-refractivity contribution < 1.29 is 4.84 Å². The smallest absolute Gasteiger partial charge is 0.142 e. The van der Waals surface area contributed by atoms with E-state index in [2.05, 4.69) is 21.1 Å². The van der Waals surface area contributed by atoms with Crippen molar-refractivity contribution >= 4 is 22.1 Å². The molecule has 0 fully saturated rings. The lowest BCUT2D eigenvalue weighted by atomic mass is 10.3. The quantitative estimate of drug-likeness (QED) is 0.532. The predicted octanol–water partition coefficient (Wildman–Crippen LogP) is 1.16. The summed E-state index contributed by atoms with van der Waals surface area (Å²) in [4.78, 5) is 4.82. The monoisotopic (exact) mass is 163 g/mol. The second-order valence-electron chi connectivity index (χ2n) is 1.41. The molecule has 1 atom stereocenters. The molecular formula is C4H6BrNO. The van der Waals surface area contributed by atoms with E-state index in [0.29, 0.717) is 6.10 Å². The molecule has 7 heavy (non-hydrogen) atoms. The molecule has 0 amide bonds. The third kappa shape index (κ3) is 1.16. The lowest BCUT2D eigenvalue weighted by molar-refractivity contribution is 0.104. The van der Waals surface area contributed by atoms with Gasteiger partial charge in [0.15, 0.2) is 0 Å². The number of halogens is 1. The summed E-state index contributed by atoms with van der Waals surface area (Å²) in [5.41, 5.74) is 0. The van der Waals surface area contributed by atoms with Crippen LogP contribution < -0.4 is 0 Å². The van der Waals surface area contributed by atoms with Crippen LogP contribution in [0.25, 0.3) is 0 Å². The molecule has 0 radical (unpaired) electrons. The Morgan fingerprint density at radius 2 is 2.86 bits per heavy atom. The van der Waals surface area contributed by atoms with Gasteiger partial charge in [0.1, 0.15) is 6.10 Å². The number of hydrogen-bond donors (Lipinski definition) is 0. The third-order valence-corrected chi connectivity index (χ3v) is 1.55. The molecule has 40 valence electrons. The maximum Gasteiger partial charge on any atom is 0.142 e. The third-order valence-electron chi connectivity index (χ3n) is 0.825. The second-order valence-corrected chi connectivity index (χ2v) is 2.05. The Morgan fingerprint density at radius 1 is 2.00 bits per heavy atom. The van der Waals surface area contributed by atoms with Gasteiger partial charge in [-0.25, -0.2) is 0 Å². The summed E-state index contributed by atoms with van der Waals surface area (Å²) in [7, 11) is 0. The molecule has 0 saturated heterocycles. The van der Waals surface area contributed by atoms with Gasteiger partial charge in [-0.2, -0.15) is 0 Å². The van der Waals surface area contributed by atoms with Gasteiger partial charge >= 0.3 is 0 Å². The van der Waals surface area contributed by atoms with E-state index in [-0.39, 0.29) is 0 Å². The van der Waals surface area contributed by atoms with Gasteiger partial charge in [-0.3, -0.25) is 0 Å². The van der Waals surface area contributed by atoms with Gasteiger partial charge in [-0.15, -0.1) is 0 Å². The van der Waals surface area contributed by atoms with E-state index in [1.54, 1.807) is 6.21 Å². The lowest BCUT2D eigenvalue weighted by Gasteiger charge is -1.98. The first kappa shape index (κ1) is 5.09. The average Bonchev–Trinajstić information content (AvgIpc) is 2.14. The van der Waals surface area contributed by atoms with E-state index in [1.165, 1.54) is 0 Å². The van der Waals surface area contributed by atoms with Crippen molar-refractivity contribution in [2.75, 3.05) is 5.33 Å². The maximum absolute atomic E-state index is 4.82. The molecule has 1 aliphatic rings. The van der Waals surface area contributed by atoms with Crippen LogP contribution in [0, 0.1) is 0 Å². The second kappa shape index (κ2) is 2.31. The summed E-state index contributed by atoms with van der Waals surface area (Å²) in [6.45, 7) is 0. The van der Waals surface area contributed by atoms with E-state index < -0.39 is 0 Å². The molecule has 0 saturated carbocycles. The Labute approximate surface area is 50.7 Å². The van der Waals surface area contributed by atoms with Crippen LogP contribution in [0.3, 0.4) is 0 Å². The van der Waals surface area contributed by atoms with Crippen molar-refractivity contribution in [3.05, 3.63) is 0 Å². The Morgan fingerprint density at radius 3 is 3.14 bits per heavy atom. The van der Waals surface area contributed by atoms with E-state index in [1.807, 2.05) is 0 Å². The lowest BCUT2D eigenvalue weighted by Crippen LogP contribution is -2.04. The highest BCUT2D eigenvalue weighted by molar-refractivity contribution is 9.09. The maximum atomic E-state index is 4.82. The zero-order valence-electron chi connectivity index (χ0n) is 3.80. The minimum Gasteiger partial charge on any atom is -0.392 e. The average molecular weight is 164 g/mol. The summed E-state index contributed by atoms with van der Waals surface area (Å²) in [6.07, 6.45) is 3.02. The molecular weight excluding hydrogens is 158 g/mol. The van der Waals surface area contributed by atoms with E-state index >= 15 is 0 Å². The van der Waals surface area contributed by atoms with E-state index in [4.69, 9.17) is 4.84 Å². The van der Waals surface area contributed by atoms with Gasteiger partial charge in [0.25, 0.3) is 0 Å². The van der Waals surface area contributed by atoms with Crippen molar-refractivity contribution in [3.8, 4) is 0 Å². The number of alkyl halides is 1. The molecule has 2 nitrogen and oxygen atoms in total. The zero-order chi connectivity index (χ0) is 5.11. The van der Waals surface area contributed by atoms with Crippen molar-refractivity contribution in [2.45, 2.75) is 12.5 Å².